The molecular formula is C14H21ClN2O3. The molecule has 0 saturated carbocycles. The van der Waals surface area contributed by atoms with Crippen LogP contribution in [0.2, 0.25) is 0 Å². The van der Waals surface area contributed by atoms with E-state index in [2.05, 4.69) is 11.9 Å². The third-order valence-corrected chi connectivity index (χ3v) is 2.56. The number of hydrogen-bond acceptors (Lipinski definition) is 4. The summed E-state index contributed by atoms with van der Waals surface area (Å²) < 4.78 is 10.4. The highest BCUT2D eigenvalue weighted by atomic mass is 35.5. The highest BCUT2D eigenvalue weighted by Crippen LogP contribution is 2.24. The lowest BCUT2D eigenvalue weighted by Crippen LogP contribution is -2.28. The molecule has 20 heavy (non-hydrogen) atoms. The lowest BCUT2D eigenvalue weighted by Gasteiger charge is -2.13. The maximum absolute atomic E-state index is 11.8. The van der Waals surface area contributed by atoms with Crippen molar-refractivity contribution in [3.05, 3.63) is 30.9 Å². The van der Waals surface area contributed by atoms with Crippen LogP contribution >= 0.6 is 12.4 Å². The van der Waals surface area contributed by atoms with E-state index in [1.807, 2.05) is 0 Å². The Hall–Kier alpha value is -1.72. The minimum atomic E-state index is -0.525. The van der Waals surface area contributed by atoms with Crippen LogP contribution < -0.4 is 15.8 Å². The van der Waals surface area contributed by atoms with Crippen LogP contribution in [-0.4, -0.2) is 25.7 Å². The van der Waals surface area contributed by atoms with Gasteiger partial charge in [0.15, 0.2) is 0 Å². The van der Waals surface area contributed by atoms with Crippen molar-refractivity contribution in [3.8, 4) is 5.75 Å². The van der Waals surface area contributed by atoms with Crippen molar-refractivity contribution < 1.29 is 14.3 Å². The number of rotatable bonds is 7. The van der Waals surface area contributed by atoms with Crippen molar-refractivity contribution >= 4 is 29.7 Å². The number of anilines is 2. The van der Waals surface area contributed by atoms with Gasteiger partial charge in [0.1, 0.15) is 11.9 Å². The zero-order valence-corrected chi connectivity index (χ0v) is 12.5. The van der Waals surface area contributed by atoms with Crippen LogP contribution in [0.3, 0.4) is 0 Å². The molecule has 0 aliphatic carbocycles. The first-order valence-electron chi connectivity index (χ1n) is 6.05. The fraction of sp³-hybridized carbons (Fsp3) is 0.357. The Balaban J connectivity index is 0.00000361. The molecule has 3 N–H and O–H groups in total. The summed E-state index contributed by atoms with van der Waals surface area (Å²) in [6.07, 6.45) is 1.94. The number of nitrogens with two attached hydrogens (primary N) is 1. The molecule has 1 atom stereocenters. The number of halogens is 1. The first kappa shape index (κ1) is 18.3. The summed E-state index contributed by atoms with van der Waals surface area (Å²) in [5, 5.41) is 2.74. The average Bonchev–Trinajstić information content (AvgIpc) is 2.39. The van der Waals surface area contributed by atoms with E-state index in [4.69, 9.17) is 15.2 Å². The molecule has 112 valence electrons. The smallest absolute Gasteiger partial charge is 0.253 e. The van der Waals surface area contributed by atoms with E-state index in [-0.39, 0.29) is 18.3 Å². The van der Waals surface area contributed by atoms with Crippen LogP contribution in [0.5, 0.6) is 5.75 Å². The van der Waals surface area contributed by atoms with E-state index in [1.54, 1.807) is 38.3 Å². The summed E-state index contributed by atoms with van der Waals surface area (Å²) in [6, 6.07) is 5.07. The molecule has 1 unspecified atom stereocenters. The molecule has 6 heteroatoms. The topological polar surface area (TPSA) is 73.6 Å². The second-order valence-corrected chi connectivity index (χ2v) is 4.04. The van der Waals surface area contributed by atoms with Crippen LogP contribution in [0.15, 0.2) is 30.9 Å². The molecule has 0 aliphatic rings. The highest BCUT2D eigenvalue weighted by molar-refractivity contribution is 5.94. The van der Waals surface area contributed by atoms with Gasteiger partial charge in [-0.05, 0) is 31.5 Å². The monoisotopic (exact) mass is 300 g/mol. The third kappa shape index (κ3) is 5.50. The van der Waals surface area contributed by atoms with Gasteiger partial charge in [-0.3, -0.25) is 4.79 Å². The van der Waals surface area contributed by atoms with Crippen molar-refractivity contribution in [1.82, 2.24) is 0 Å². The maximum atomic E-state index is 11.8. The van der Waals surface area contributed by atoms with E-state index < -0.39 is 6.10 Å². The average molecular weight is 301 g/mol. The molecule has 1 aromatic carbocycles. The molecule has 0 aromatic heterocycles. The van der Waals surface area contributed by atoms with E-state index in [0.717, 1.165) is 0 Å². The third-order valence-electron chi connectivity index (χ3n) is 2.56. The quantitative estimate of drug-likeness (QED) is 0.461. The molecule has 0 radical (unpaired) electrons. The molecule has 0 saturated heterocycles. The van der Waals surface area contributed by atoms with Crippen LogP contribution in [0.25, 0.3) is 0 Å². The second-order valence-electron chi connectivity index (χ2n) is 4.04. The molecule has 0 bridgehead atoms. The Morgan fingerprint density at radius 2 is 2.25 bits per heavy atom. The van der Waals surface area contributed by atoms with E-state index in [9.17, 15) is 4.79 Å². The fourth-order valence-electron chi connectivity index (χ4n) is 1.46. The van der Waals surface area contributed by atoms with Crippen molar-refractivity contribution in [2.24, 2.45) is 0 Å². The zero-order chi connectivity index (χ0) is 14.3. The van der Waals surface area contributed by atoms with Gasteiger partial charge in [-0.25, -0.2) is 0 Å². The number of nitrogen functional groups attached to an aromatic ring is 1. The Labute approximate surface area is 125 Å². The van der Waals surface area contributed by atoms with Crippen LogP contribution in [0.4, 0.5) is 11.4 Å². The summed E-state index contributed by atoms with van der Waals surface area (Å²) in [5.41, 5.74) is 6.85. The molecule has 5 nitrogen and oxygen atoms in total. The van der Waals surface area contributed by atoms with Gasteiger partial charge in [0.2, 0.25) is 0 Å². The van der Waals surface area contributed by atoms with E-state index in [0.29, 0.717) is 30.2 Å². The summed E-state index contributed by atoms with van der Waals surface area (Å²) >= 11 is 0. The Morgan fingerprint density at radius 3 is 2.80 bits per heavy atom. The second kappa shape index (κ2) is 9.23. The lowest BCUT2D eigenvalue weighted by molar-refractivity contribution is -0.126. The largest absolute Gasteiger partial charge is 0.495 e. The Kier molecular flexibility index (Phi) is 8.43. The molecule has 1 aromatic rings. The number of carbonyl (C=O) groups is 1. The van der Waals surface area contributed by atoms with E-state index in [1.165, 1.54) is 0 Å². The Bertz CT molecular complexity index is 452. The zero-order valence-electron chi connectivity index (χ0n) is 11.7. The Morgan fingerprint density at radius 1 is 1.55 bits per heavy atom. The molecule has 1 amide bonds. The molecule has 0 spiro atoms. The van der Waals surface area contributed by atoms with Crippen LogP contribution in [0, 0.1) is 0 Å². The lowest BCUT2D eigenvalue weighted by atomic mass is 10.2. The standard InChI is InChI=1S/C14H20N2O3.ClH/c1-4-5-8-19-10(2)14(17)16-11-6-7-13(18-3)12(15)9-11;/h4,6-7,9-10H,1,5,8,15H2,2-3H3,(H,16,17);1H. The number of benzene rings is 1. The summed E-state index contributed by atoms with van der Waals surface area (Å²) in [4.78, 5) is 11.8. The number of methoxy groups -OCH3 is 1. The maximum Gasteiger partial charge on any atom is 0.253 e. The number of amides is 1. The highest BCUT2D eigenvalue weighted by Gasteiger charge is 2.13. The van der Waals surface area contributed by atoms with Gasteiger partial charge in [0, 0.05) is 5.69 Å². The van der Waals surface area contributed by atoms with Gasteiger partial charge in [-0.1, -0.05) is 6.08 Å². The van der Waals surface area contributed by atoms with Gasteiger partial charge in [-0.15, -0.1) is 19.0 Å². The molecule has 0 heterocycles. The number of hydrogen-bond donors (Lipinski definition) is 2. The van der Waals surface area contributed by atoms with Gasteiger partial charge < -0.3 is 20.5 Å². The predicted molar refractivity (Wildman–Crippen MR) is 83.5 cm³/mol. The number of ether oxygens (including phenoxy) is 2. The summed E-state index contributed by atoms with van der Waals surface area (Å²) in [6.45, 7) is 5.76. The minimum Gasteiger partial charge on any atom is -0.495 e. The molecule has 0 fully saturated rings. The van der Waals surface area contributed by atoms with Crippen LogP contribution in [-0.2, 0) is 9.53 Å². The normalized spacial score (nSPS) is 11.1. The molecule has 0 aliphatic heterocycles. The van der Waals surface area contributed by atoms with Gasteiger partial charge in [-0.2, -0.15) is 0 Å². The number of carbonyl (C=O) groups excluding carboxylic acids is 1. The van der Waals surface area contributed by atoms with Crippen molar-refractivity contribution in [1.29, 1.82) is 0 Å². The minimum absolute atomic E-state index is 0. The number of nitrogens with one attached hydrogen (secondary N) is 1. The van der Waals surface area contributed by atoms with Crippen LogP contribution in [0.1, 0.15) is 13.3 Å². The van der Waals surface area contributed by atoms with Crippen molar-refractivity contribution in [2.75, 3.05) is 24.8 Å². The van der Waals surface area contributed by atoms with Gasteiger partial charge in [0.25, 0.3) is 5.91 Å². The first-order valence-corrected chi connectivity index (χ1v) is 6.05. The van der Waals surface area contributed by atoms with Gasteiger partial charge in [0.05, 0.1) is 19.4 Å². The van der Waals surface area contributed by atoms with Crippen molar-refractivity contribution in [2.45, 2.75) is 19.4 Å². The van der Waals surface area contributed by atoms with Crippen molar-refractivity contribution in [3.63, 3.8) is 0 Å². The van der Waals surface area contributed by atoms with Gasteiger partial charge >= 0.3 is 0 Å². The summed E-state index contributed by atoms with van der Waals surface area (Å²) in [5.74, 6) is 0.363. The SMILES string of the molecule is C=CCCOC(C)C(=O)Nc1ccc(OC)c(N)c1.Cl. The van der Waals surface area contributed by atoms with E-state index >= 15 is 0 Å². The molecule has 1 rings (SSSR count). The predicted octanol–water partition coefficient (Wildman–Crippen LogP) is 2.62. The fourth-order valence-corrected chi connectivity index (χ4v) is 1.46. The first-order chi connectivity index (χ1) is 9.08. The molecular weight excluding hydrogens is 280 g/mol. The summed E-state index contributed by atoms with van der Waals surface area (Å²) in [7, 11) is 1.54.